The zero-order chi connectivity index (χ0) is 20.1. The van der Waals surface area contributed by atoms with Gasteiger partial charge in [0.05, 0.1) is 12.0 Å². The van der Waals surface area contributed by atoms with Gasteiger partial charge >= 0.3 is 0 Å². The van der Waals surface area contributed by atoms with E-state index < -0.39 is 0 Å². The minimum Gasteiger partial charge on any atom is -0.461 e. The SMILES string of the molecule is Cc1cccc(-n2nc(C(=O)NCCCc3ccccc3)nc2-c2ccco2)c1. The predicted octanol–water partition coefficient (Wildman–Crippen LogP) is 4.20. The van der Waals surface area contributed by atoms with Crippen LogP contribution in [0.25, 0.3) is 17.3 Å². The third kappa shape index (κ3) is 4.43. The minimum absolute atomic E-state index is 0.123. The van der Waals surface area contributed by atoms with Crippen molar-refractivity contribution in [1.29, 1.82) is 0 Å². The predicted molar refractivity (Wildman–Crippen MR) is 111 cm³/mol. The molecule has 0 unspecified atom stereocenters. The molecule has 0 bridgehead atoms. The van der Waals surface area contributed by atoms with Crippen molar-refractivity contribution in [3.63, 3.8) is 0 Å². The second-order valence-electron chi connectivity index (χ2n) is 6.83. The molecule has 0 aliphatic heterocycles. The van der Waals surface area contributed by atoms with Crippen LogP contribution < -0.4 is 5.32 Å². The largest absolute Gasteiger partial charge is 0.461 e. The van der Waals surface area contributed by atoms with E-state index in [0.717, 1.165) is 24.1 Å². The summed E-state index contributed by atoms with van der Waals surface area (Å²) >= 11 is 0. The number of aromatic nitrogens is 3. The first-order valence-electron chi connectivity index (χ1n) is 9.61. The van der Waals surface area contributed by atoms with Crippen molar-refractivity contribution >= 4 is 5.91 Å². The summed E-state index contributed by atoms with van der Waals surface area (Å²) in [6, 6.07) is 21.7. The minimum atomic E-state index is -0.294. The number of carbonyl (C=O) groups excluding carboxylic acids is 1. The quantitative estimate of drug-likeness (QED) is 0.483. The molecule has 6 heteroatoms. The molecule has 0 aliphatic rings. The maximum Gasteiger partial charge on any atom is 0.290 e. The van der Waals surface area contributed by atoms with Gasteiger partial charge in [-0.25, -0.2) is 4.68 Å². The Morgan fingerprint density at radius 2 is 1.93 bits per heavy atom. The number of hydrogen-bond acceptors (Lipinski definition) is 4. The summed E-state index contributed by atoms with van der Waals surface area (Å²) in [5, 5.41) is 7.36. The van der Waals surface area contributed by atoms with Crippen LogP contribution in [0.2, 0.25) is 0 Å². The van der Waals surface area contributed by atoms with Gasteiger partial charge in [-0.15, -0.1) is 5.10 Å². The monoisotopic (exact) mass is 386 g/mol. The number of aryl methyl sites for hydroxylation is 2. The molecule has 4 aromatic rings. The molecule has 2 aromatic heterocycles. The topological polar surface area (TPSA) is 73.0 Å². The molecule has 1 N–H and O–H groups in total. The first-order valence-corrected chi connectivity index (χ1v) is 9.61. The Bertz CT molecular complexity index is 1090. The van der Waals surface area contributed by atoms with Crippen LogP contribution in [0.15, 0.2) is 77.4 Å². The maximum absolute atomic E-state index is 12.6. The molecule has 0 atom stereocenters. The maximum atomic E-state index is 12.6. The van der Waals surface area contributed by atoms with Crippen molar-refractivity contribution in [3.8, 4) is 17.3 Å². The molecular weight excluding hydrogens is 364 g/mol. The molecule has 0 fully saturated rings. The fourth-order valence-corrected chi connectivity index (χ4v) is 3.13. The standard InChI is InChI=1S/C23H22N4O2/c1-17-8-5-12-19(16-17)27-22(20-13-7-15-29-20)25-21(26-27)23(28)24-14-6-11-18-9-3-2-4-10-18/h2-5,7-10,12-13,15-16H,6,11,14H2,1H3,(H,24,28). The average molecular weight is 386 g/mol. The highest BCUT2D eigenvalue weighted by Crippen LogP contribution is 2.22. The Balaban J connectivity index is 1.50. The van der Waals surface area contributed by atoms with Gasteiger partial charge in [0.15, 0.2) is 11.6 Å². The Kier molecular flexibility index (Phi) is 5.52. The summed E-state index contributed by atoms with van der Waals surface area (Å²) in [6.45, 7) is 2.57. The van der Waals surface area contributed by atoms with Gasteiger partial charge < -0.3 is 9.73 Å². The molecule has 0 radical (unpaired) electrons. The molecule has 146 valence electrons. The number of benzene rings is 2. The van der Waals surface area contributed by atoms with Gasteiger partial charge in [-0.05, 0) is 55.2 Å². The number of hydrogen-bond donors (Lipinski definition) is 1. The molecule has 0 saturated heterocycles. The summed E-state index contributed by atoms with van der Waals surface area (Å²) in [5.74, 6) is 0.882. The fourth-order valence-electron chi connectivity index (χ4n) is 3.13. The average Bonchev–Trinajstić information content (AvgIpc) is 3.41. The van der Waals surface area contributed by atoms with Gasteiger partial charge in [-0.2, -0.15) is 4.98 Å². The molecule has 2 aromatic carbocycles. The van der Waals surface area contributed by atoms with E-state index >= 15 is 0 Å². The van der Waals surface area contributed by atoms with E-state index in [1.165, 1.54) is 5.56 Å². The van der Waals surface area contributed by atoms with Crippen LogP contribution in [0, 0.1) is 6.92 Å². The van der Waals surface area contributed by atoms with E-state index in [4.69, 9.17) is 4.42 Å². The Morgan fingerprint density at radius 3 is 2.69 bits per heavy atom. The smallest absolute Gasteiger partial charge is 0.290 e. The first-order chi connectivity index (χ1) is 14.2. The summed E-state index contributed by atoms with van der Waals surface area (Å²) in [4.78, 5) is 17.1. The lowest BCUT2D eigenvalue weighted by Gasteiger charge is -2.05. The van der Waals surface area contributed by atoms with Crippen molar-refractivity contribution in [1.82, 2.24) is 20.1 Å². The van der Waals surface area contributed by atoms with Crippen molar-refractivity contribution in [3.05, 3.63) is 89.9 Å². The van der Waals surface area contributed by atoms with E-state index in [-0.39, 0.29) is 11.7 Å². The fraction of sp³-hybridized carbons (Fsp3) is 0.174. The number of furan rings is 1. The van der Waals surface area contributed by atoms with Gasteiger partial charge in [-0.3, -0.25) is 4.79 Å². The number of amides is 1. The number of rotatable bonds is 7. The molecule has 1 amide bonds. The summed E-state index contributed by atoms with van der Waals surface area (Å²) in [5.41, 5.74) is 3.17. The lowest BCUT2D eigenvalue weighted by Crippen LogP contribution is -2.26. The van der Waals surface area contributed by atoms with E-state index in [1.54, 1.807) is 23.1 Å². The third-order valence-electron chi connectivity index (χ3n) is 4.57. The first kappa shape index (κ1) is 18.7. The molecule has 0 saturated carbocycles. The lowest BCUT2D eigenvalue weighted by atomic mass is 10.1. The molecule has 4 rings (SSSR count). The van der Waals surface area contributed by atoms with Crippen LogP contribution in [0.5, 0.6) is 0 Å². The van der Waals surface area contributed by atoms with E-state index in [9.17, 15) is 4.79 Å². The van der Waals surface area contributed by atoms with E-state index in [0.29, 0.717) is 18.1 Å². The van der Waals surface area contributed by atoms with Crippen molar-refractivity contribution in [2.75, 3.05) is 6.54 Å². The Hall–Kier alpha value is -3.67. The van der Waals surface area contributed by atoms with Gasteiger partial charge in [0, 0.05) is 6.54 Å². The van der Waals surface area contributed by atoms with Crippen LogP contribution in [0.4, 0.5) is 0 Å². The van der Waals surface area contributed by atoms with E-state index in [2.05, 4.69) is 27.5 Å². The van der Waals surface area contributed by atoms with Gasteiger partial charge in [0.25, 0.3) is 5.91 Å². The molecule has 6 nitrogen and oxygen atoms in total. The molecule has 0 spiro atoms. The summed E-state index contributed by atoms with van der Waals surface area (Å²) < 4.78 is 7.14. The highest BCUT2D eigenvalue weighted by Gasteiger charge is 2.20. The Labute approximate surface area is 169 Å². The van der Waals surface area contributed by atoms with Crippen LogP contribution in [-0.4, -0.2) is 27.2 Å². The summed E-state index contributed by atoms with van der Waals surface area (Å²) in [6.07, 6.45) is 3.33. The second kappa shape index (κ2) is 8.56. The number of nitrogens with one attached hydrogen (secondary N) is 1. The lowest BCUT2D eigenvalue weighted by molar-refractivity contribution is 0.0943. The zero-order valence-electron chi connectivity index (χ0n) is 16.2. The molecule has 29 heavy (non-hydrogen) atoms. The highest BCUT2D eigenvalue weighted by atomic mass is 16.3. The Morgan fingerprint density at radius 1 is 1.07 bits per heavy atom. The van der Waals surface area contributed by atoms with Crippen LogP contribution >= 0.6 is 0 Å². The second-order valence-corrected chi connectivity index (χ2v) is 6.83. The van der Waals surface area contributed by atoms with Crippen LogP contribution in [-0.2, 0) is 6.42 Å². The molecule has 0 aliphatic carbocycles. The van der Waals surface area contributed by atoms with Gasteiger partial charge in [0.1, 0.15) is 0 Å². The third-order valence-corrected chi connectivity index (χ3v) is 4.57. The molecular formula is C23H22N4O2. The van der Waals surface area contributed by atoms with Crippen molar-refractivity contribution in [2.45, 2.75) is 19.8 Å². The number of nitrogens with zero attached hydrogens (tertiary/aromatic N) is 3. The highest BCUT2D eigenvalue weighted by molar-refractivity contribution is 5.90. The van der Waals surface area contributed by atoms with E-state index in [1.807, 2.05) is 49.4 Å². The zero-order valence-corrected chi connectivity index (χ0v) is 16.2. The summed E-state index contributed by atoms with van der Waals surface area (Å²) in [7, 11) is 0. The number of carbonyl (C=O) groups is 1. The van der Waals surface area contributed by atoms with Crippen molar-refractivity contribution in [2.24, 2.45) is 0 Å². The van der Waals surface area contributed by atoms with Gasteiger partial charge in [-0.1, -0.05) is 42.5 Å². The van der Waals surface area contributed by atoms with Gasteiger partial charge in [0.2, 0.25) is 5.82 Å². The molecule has 2 heterocycles. The van der Waals surface area contributed by atoms with Crippen LogP contribution in [0.3, 0.4) is 0 Å². The van der Waals surface area contributed by atoms with Crippen LogP contribution in [0.1, 0.15) is 28.2 Å². The normalized spacial score (nSPS) is 10.8. The van der Waals surface area contributed by atoms with Crippen molar-refractivity contribution < 1.29 is 9.21 Å².